The third-order valence-corrected chi connectivity index (χ3v) is 7.82. The molecule has 3 heterocycles. The lowest BCUT2D eigenvalue weighted by Gasteiger charge is -2.31. The Morgan fingerprint density at radius 2 is 2.00 bits per heavy atom. The number of aromatic amines is 1. The number of hydrogen-bond acceptors (Lipinski definition) is 6. The third-order valence-electron chi connectivity index (χ3n) is 7.43. The van der Waals surface area contributed by atoms with E-state index in [2.05, 4.69) is 24.6 Å². The molecule has 204 valence electrons. The maximum atomic E-state index is 14.1. The number of nitrogens with zero attached hydrogens (tertiary/aromatic N) is 2. The van der Waals surface area contributed by atoms with Crippen molar-refractivity contribution in [1.82, 2.24) is 14.5 Å². The molecule has 0 aliphatic heterocycles. The summed E-state index contributed by atoms with van der Waals surface area (Å²) in [7, 11) is -5.23. The van der Waals surface area contributed by atoms with Crippen LogP contribution < -0.4 is 14.3 Å². The van der Waals surface area contributed by atoms with Crippen LogP contribution in [0.5, 0.6) is 11.5 Å². The van der Waals surface area contributed by atoms with Gasteiger partial charge in [-0.05, 0) is 56.0 Å². The summed E-state index contributed by atoms with van der Waals surface area (Å²) in [5.74, 6) is 2.81. The Balaban J connectivity index is 1.66. The average molecular weight is 560 g/mol. The highest BCUT2D eigenvalue weighted by Gasteiger charge is 2.27. The minimum Gasteiger partial charge on any atom is -0.493 e. The molecule has 1 N–H and O–H groups in total. The molecular weight excluding hydrogens is 533 g/mol. The maximum Gasteiger partial charge on any atom is 0.488 e. The second-order valence-corrected chi connectivity index (χ2v) is 10.9. The number of aromatic nitrogens is 3. The molecule has 0 spiro atoms. The van der Waals surface area contributed by atoms with Gasteiger partial charge in [0.25, 0.3) is 0 Å². The van der Waals surface area contributed by atoms with E-state index in [-0.39, 0.29) is 17.2 Å². The second kappa shape index (κ2) is 9.99. The molecule has 1 fully saturated rings. The molecule has 10 heteroatoms. The standard InChI is InChI=1S/C30H26FN3O5S/c1-3-5-11-38-27-15-24-26(14-23(27)19-13-21(17-32-16-19)39-40(31,36)37)34(20-7-6-8-20)30-28(29(24)35)22-10-9-18(4-2)12-25(22)33-30/h2,9-10,12-17,20,33H,3,5-8,11H2,1H3. The van der Waals surface area contributed by atoms with Gasteiger partial charge in [-0.25, -0.2) is 0 Å². The van der Waals surface area contributed by atoms with Crippen molar-refractivity contribution >= 4 is 43.3 Å². The van der Waals surface area contributed by atoms with Crippen molar-refractivity contribution in [3.63, 3.8) is 0 Å². The van der Waals surface area contributed by atoms with Gasteiger partial charge in [-0.3, -0.25) is 9.78 Å². The Morgan fingerprint density at radius 1 is 1.18 bits per heavy atom. The van der Waals surface area contributed by atoms with Gasteiger partial charge < -0.3 is 18.5 Å². The molecule has 0 amide bonds. The van der Waals surface area contributed by atoms with Crippen LogP contribution in [0.15, 0.2) is 53.6 Å². The van der Waals surface area contributed by atoms with Crippen molar-refractivity contribution in [2.45, 2.75) is 45.1 Å². The first kappa shape index (κ1) is 25.9. The van der Waals surface area contributed by atoms with E-state index < -0.39 is 10.5 Å². The number of nitrogens with one attached hydrogen (secondary N) is 1. The van der Waals surface area contributed by atoms with Crippen molar-refractivity contribution in [2.24, 2.45) is 0 Å². The zero-order valence-corrected chi connectivity index (χ0v) is 22.6. The largest absolute Gasteiger partial charge is 0.493 e. The highest BCUT2D eigenvalue weighted by atomic mass is 32.3. The molecule has 0 radical (unpaired) electrons. The van der Waals surface area contributed by atoms with Crippen LogP contribution in [-0.4, -0.2) is 29.6 Å². The highest BCUT2D eigenvalue weighted by Crippen LogP contribution is 2.41. The summed E-state index contributed by atoms with van der Waals surface area (Å²) >= 11 is 0. The molecule has 5 aromatic rings. The number of rotatable bonds is 8. The minimum atomic E-state index is -5.23. The molecule has 1 aliphatic rings. The molecular formula is C30H26FN3O5S. The van der Waals surface area contributed by atoms with E-state index in [0.29, 0.717) is 45.3 Å². The third kappa shape index (κ3) is 4.56. The van der Waals surface area contributed by atoms with Gasteiger partial charge in [-0.1, -0.05) is 29.2 Å². The number of hydrogen-bond donors (Lipinski definition) is 1. The number of benzene rings is 2. The van der Waals surface area contributed by atoms with Crippen LogP contribution in [0.1, 0.15) is 50.6 Å². The van der Waals surface area contributed by atoms with Gasteiger partial charge in [0, 0.05) is 39.8 Å². The fourth-order valence-electron chi connectivity index (χ4n) is 5.31. The molecule has 0 saturated heterocycles. The van der Waals surface area contributed by atoms with Gasteiger partial charge in [0.05, 0.1) is 29.1 Å². The molecule has 1 aliphatic carbocycles. The van der Waals surface area contributed by atoms with Gasteiger partial charge >= 0.3 is 10.5 Å². The predicted molar refractivity (Wildman–Crippen MR) is 153 cm³/mol. The van der Waals surface area contributed by atoms with Gasteiger partial charge in [0.1, 0.15) is 11.4 Å². The number of fused-ring (bicyclic) bond motifs is 4. The summed E-state index contributed by atoms with van der Waals surface area (Å²) in [6.07, 6.45) is 13.0. The molecule has 6 rings (SSSR count). The summed E-state index contributed by atoms with van der Waals surface area (Å²) < 4.78 is 48.2. The fourth-order valence-corrected chi connectivity index (χ4v) is 5.63. The van der Waals surface area contributed by atoms with Crippen LogP contribution in [0.2, 0.25) is 0 Å². The number of halogens is 1. The number of terminal acetylenes is 1. The smallest absolute Gasteiger partial charge is 0.488 e. The van der Waals surface area contributed by atoms with Crippen LogP contribution in [0.3, 0.4) is 0 Å². The quantitative estimate of drug-likeness (QED) is 0.138. The van der Waals surface area contributed by atoms with Gasteiger partial charge in [-0.2, -0.15) is 8.42 Å². The zero-order valence-electron chi connectivity index (χ0n) is 21.7. The minimum absolute atomic E-state index is 0.133. The maximum absolute atomic E-state index is 14.1. The zero-order chi connectivity index (χ0) is 28.0. The van der Waals surface area contributed by atoms with Crippen LogP contribution >= 0.6 is 0 Å². The molecule has 0 unspecified atom stereocenters. The van der Waals surface area contributed by atoms with Gasteiger partial charge in [0.15, 0.2) is 11.2 Å². The number of pyridine rings is 2. The highest BCUT2D eigenvalue weighted by molar-refractivity contribution is 7.81. The average Bonchev–Trinajstić information content (AvgIpc) is 3.27. The summed E-state index contributed by atoms with van der Waals surface area (Å²) in [6.45, 7) is 2.46. The lowest BCUT2D eigenvalue weighted by molar-refractivity contribution is 0.310. The van der Waals surface area contributed by atoms with E-state index in [1.54, 1.807) is 6.07 Å². The number of ether oxygens (including phenoxy) is 1. The Kier molecular flexibility index (Phi) is 6.47. The number of unbranched alkanes of at least 4 members (excludes halogenated alkanes) is 1. The first-order chi connectivity index (χ1) is 19.3. The van der Waals surface area contributed by atoms with E-state index >= 15 is 0 Å². The Bertz CT molecular complexity index is 2000. The Labute approximate surface area is 230 Å². The van der Waals surface area contributed by atoms with Crippen molar-refractivity contribution < 1.29 is 21.2 Å². The van der Waals surface area contributed by atoms with Crippen LogP contribution in [-0.2, 0) is 10.5 Å². The molecule has 0 atom stereocenters. The summed E-state index contributed by atoms with van der Waals surface area (Å²) in [5, 5.41) is 1.90. The van der Waals surface area contributed by atoms with Crippen LogP contribution in [0.4, 0.5) is 3.89 Å². The van der Waals surface area contributed by atoms with E-state index in [4.69, 9.17) is 11.2 Å². The fraction of sp³-hybridized carbons (Fsp3) is 0.267. The van der Waals surface area contributed by atoms with E-state index in [0.717, 1.165) is 54.9 Å². The van der Waals surface area contributed by atoms with Crippen molar-refractivity contribution in [3.8, 4) is 35.0 Å². The lowest BCUT2D eigenvalue weighted by Crippen LogP contribution is -2.21. The monoisotopic (exact) mass is 559 g/mol. The molecule has 8 nitrogen and oxygen atoms in total. The van der Waals surface area contributed by atoms with Crippen molar-refractivity contribution in [2.75, 3.05) is 6.61 Å². The summed E-state index contributed by atoms with van der Waals surface area (Å²) in [4.78, 5) is 21.6. The first-order valence-corrected chi connectivity index (χ1v) is 14.4. The Morgan fingerprint density at radius 3 is 2.70 bits per heavy atom. The molecule has 3 aromatic heterocycles. The first-order valence-electron chi connectivity index (χ1n) is 13.1. The van der Waals surface area contributed by atoms with Crippen LogP contribution in [0.25, 0.3) is 44.0 Å². The summed E-state index contributed by atoms with van der Waals surface area (Å²) in [6, 6.07) is 10.7. The Hall–Kier alpha value is -4.36. The molecule has 1 saturated carbocycles. The molecule has 40 heavy (non-hydrogen) atoms. The van der Waals surface area contributed by atoms with E-state index in [1.165, 1.54) is 12.3 Å². The SMILES string of the molecule is C#Cc1ccc2c(c1)[nH]c1c2c(=O)c2cc(OCCCC)c(-c3cncc(OS(=O)(=O)F)c3)cc2n1C1CCC1. The topological polar surface area (TPSA) is 103 Å². The molecule has 2 aromatic carbocycles. The predicted octanol–water partition coefficient (Wildman–Crippen LogP) is 6.18. The molecule has 0 bridgehead atoms. The summed E-state index contributed by atoms with van der Waals surface area (Å²) in [5.41, 5.74) is 3.82. The lowest BCUT2D eigenvalue weighted by atomic mass is 9.91. The normalized spacial score (nSPS) is 13.9. The van der Waals surface area contributed by atoms with Crippen LogP contribution in [0, 0.1) is 12.3 Å². The van der Waals surface area contributed by atoms with Crippen molar-refractivity contribution in [1.29, 1.82) is 0 Å². The van der Waals surface area contributed by atoms with E-state index in [9.17, 15) is 17.1 Å². The van der Waals surface area contributed by atoms with Gasteiger partial charge in [-0.15, -0.1) is 6.42 Å². The van der Waals surface area contributed by atoms with E-state index in [1.807, 2.05) is 31.2 Å². The number of H-pyrrole nitrogens is 1. The van der Waals surface area contributed by atoms with Gasteiger partial charge in [0.2, 0.25) is 0 Å². The van der Waals surface area contributed by atoms with Crippen molar-refractivity contribution in [3.05, 3.63) is 64.6 Å². The second-order valence-electron chi connectivity index (χ2n) is 9.99.